The number of allylic oxidation sites excluding steroid dienone is 2. The van der Waals surface area contributed by atoms with Crippen molar-refractivity contribution in [2.75, 3.05) is 19.7 Å². The second-order valence-electron chi connectivity index (χ2n) is 11.1. The zero-order valence-electron chi connectivity index (χ0n) is 20.4. The fourth-order valence-electron chi connectivity index (χ4n) is 6.43. The predicted molar refractivity (Wildman–Crippen MR) is 134 cm³/mol. The molecule has 1 unspecified atom stereocenters. The van der Waals surface area contributed by atoms with Gasteiger partial charge in [-0.2, -0.15) is 0 Å². The number of hydrogen-bond acceptors (Lipinski definition) is 6. The molecule has 188 valence electrons. The Kier molecular flexibility index (Phi) is 7.01. The molecule has 2 heterocycles. The normalized spacial score (nSPS) is 34.6. The van der Waals surface area contributed by atoms with Crippen LogP contribution in [-0.4, -0.2) is 55.8 Å². The van der Waals surface area contributed by atoms with Crippen molar-refractivity contribution in [2.24, 2.45) is 23.2 Å². The third-order valence-corrected chi connectivity index (χ3v) is 8.78. The standard InChI is InChI=1S/C26H34BClN2O5/c1-25(10-6-9-22(28)31)19-12-20(25)23-26(2,13-19)35-27(34-23)21(11-17-7-4-3-5-8-17)30-24(32)33-16-18-14-29-15-18/h3-9,18-21,23,29H,10-16H2,1-2H3,(H,30,32)/b9-6+/t19-,20+,21-,23-,25?,26+/m0/s1. The van der Waals surface area contributed by atoms with Gasteiger partial charge in [-0.3, -0.25) is 4.79 Å². The minimum atomic E-state index is -0.563. The van der Waals surface area contributed by atoms with E-state index in [1.807, 2.05) is 36.4 Å². The van der Waals surface area contributed by atoms with E-state index in [4.69, 9.17) is 25.6 Å². The minimum Gasteiger partial charge on any atom is -0.449 e. The van der Waals surface area contributed by atoms with Crippen LogP contribution in [0.4, 0.5) is 4.79 Å². The number of carbonyl (C=O) groups excluding carboxylic acids is 2. The predicted octanol–water partition coefficient (Wildman–Crippen LogP) is 3.50. The summed E-state index contributed by atoms with van der Waals surface area (Å²) in [5, 5.41) is 5.78. The van der Waals surface area contributed by atoms with Gasteiger partial charge in [0.25, 0.3) is 0 Å². The number of rotatable bonds is 9. The molecule has 3 saturated carbocycles. The van der Waals surface area contributed by atoms with Gasteiger partial charge >= 0.3 is 13.2 Å². The van der Waals surface area contributed by atoms with Crippen molar-refractivity contribution in [3.05, 3.63) is 48.0 Å². The highest BCUT2D eigenvalue weighted by Gasteiger charge is 2.68. The van der Waals surface area contributed by atoms with Gasteiger partial charge in [0.2, 0.25) is 5.24 Å². The molecule has 0 radical (unpaired) electrons. The van der Waals surface area contributed by atoms with Gasteiger partial charge in [0, 0.05) is 19.0 Å². The molecular weight excluding hydrogens is 467 g/mol. The van der Waals surface area contributed by atoms with Crippen LogP contribution in [0.15, 0.2) is 42.5 Å². The number of nitrogens with one attached hydrogen (secondary N) is 2. The van der Waals surface area contributed by atoms with Crippen molar-refractivity contribution in [3.63, 3.8) is 0 Å². The highest BCUT2D eigenvalue weighted by atomic mass is 35.5. The van der Waals surface area contributed by atoms with Gasteiger partial charge in [-0.15, -0.1) is 0 Å². The van der Waals surface area contributed by atoms with E-state index >= 15 is 0 Å². The number of ether oxygens (including phenoxy) is 1. The molecule has 1 aromatic carbocycles. The van der Waals surface area contributed by atoms with E-state index in [1.165, 1.54) is 6.08 Å². The van der Waals surface area contributed by atoms with Crippen molar-refractivity contribution in [3.8, 4) is 0 Å². The Balaban J connectivity index is 1.28. The Morgan fingerprint density at radius 3 is 2.77 bits per heavy atom. The topological polar surface area (TPSA) is 85.9 Å². The van der Waals surface area contributed by atoms with E-state index < -0.39 is 24.1 Å². The van der Waals surface area contributed by atoms with Crippen molar-refractivity contribution in [1.29, 1.82) is 0 Å². The molecule has 2 aliphatic heterocycles. The lowest BCUT2D eigenvalue weighted by Crippen LogP contribution is -2.64. The van der Waals surface area contributed by atoms with Gasteiger partial charge in [0.15, 0.2) is 0 Å². The van der Waals surface area contributed by atoms with Crippen LogP contribution in [0.5, 0.6) is 0 Å². The van der Waals surface area contributed by atoms with E-state index in [1.54, 1.807) is 0 Å². The summed E-state index contributed by atoms with van der Waals surface area (Å²) in [5.74, 6) is 0.820. The third-order valence-electron chi connectivity index (χ3n) is 8.66. The minimum absolute atomic E-state index is 0.0450. The fourth-order valence-corrected chi connectivity index (χ4v) is 6.52. The van der Waals surface area contributed by atoms with E-state index in [2.05, 4.69) is 24.5 Å². The Morgan fingerprint density at radius 1 is 1.31 bits per heavy atom. The monoisotopic (exact) mass is 500 g/mol. The Hall–Kier alpha value is -1.87. The van der Waals surface area contributed by atoms with Crippen molar-refractivity contribution in [1.82, 2.24) is 10.6 Å². The van der Waals surface area contributed by atoms with Crippen molar-refractivity contribution < 1.29 is 23.6 Å². The van der Waals surface area contributed by atoms with Crippen LogP contribution in [0.25, 0.3) is 0 Å². The molecule has 2 bridgehead atoms. The molecule has 2 saturated heterocycles. The number of carbonyl (C=O) groups is 2. The van der Waals surface area contributed by atoms with Crippen LogP contribution in [0.2, 0.25) is 0 Å². The molecule has 1 amide bonds. The average molecular weight is 501 g/mol. The summed E-state index contributed by atoms with van der Waals surface area (Å²) in [6, 6.07) is 10.0. The number of benzene rings is 1. The highest BCUT2D eigenvalue weighted by Crippen LogP contribution is 2.66. The van der Waals surface area contributed by atoms with Gasteiger partial charge in [0.1, 0.15) is 0 Å². The summed E-state index contributed by atoms with van der Waals surface area (Å²) >= 11 is 5.49. The molecule has 5 fully saturated rings. The largest absolute Gasteiger partial charge is 0.482 e. The molecule has 3 aliphatic carbocycles. The molecule has 0 spiro atoms. The Labute approximate surface area is 212 Å². The molecule has 0 aromatic heterocycles. The van der Waals surface area contributed by atoms with Crippen LogP contribution in [0.3, 0.4) is 0 Å². The van der Waals surface area contributed by atoms with E-state index in [0.717, 1.165) is 37.9 Å². The maximum absolute atomic E-state index is 12.7. The molecule has 1 aromatic rings. The van der Waals surface area contributed by atoms with Gasteiger partial charge < -0.3 is 24.7 Å². The van der Waals surface area contributed by atoms with Gasteiger partial charge in [0.05, 0.1) is 24.3 Å². The molecule has 6 atom stereocenters. The summed E-state index contributed by atoms with van der Waals surface area (Å²) in [6.07, 6.45) is 6.17. The first kappa shape index (κ1) is 24.8. The van der Waals surface area contributed by atoms with Crippen LogP contribution in [-0.2, 0) is 25.3 Å². The van der Waals surface area contributed by atoms with E-state index in [0.29, 0.717) is 30.8 Å². The van der Waals surface area contributed by atoms with Crippen LogP contribution in [0.1, 0.15) is 38.7 Å². The summed E-state index contributed by atoms with van der Waals surface area (Å²) in [4.78, 5) is 23.8. The van der Waals surface area contributed by atoms with Gasteiger partial charge in [-0.1, -0.05) is 43.3 Å². The molecule has 6 rings (SSSR count). The number of amides is 1. The van der Waals surface area contributed by atoms with E-state index in [-0.39, 0.29) is 17.5 Å². The average Bonchev–Trinajstić information content (AvgIpc) is 3.15. The SMILES string of the molecule is CC1(C/C=C/C(=O)Cl)[C@H]2C[C@@H]1[C@@H]1OB([C@H](Cc3ccccc3)NC(=O)OCC3CNC3)O[C@]1(C)C2. The first-order valence-electron chi connectivity index (χ1n) is 12.6. The number of alkyl carbamates (subject to hydrolysis) is 1. The number of halogens is 1. The lowest BCUT2D eigenvalue weighted by Gasteiger charge is -2.64. The first-order chi connectivity index (χ1) is 16.8. The van der Waals surface area contributed by atoms with Crippen molar-refractivity contribution >= 4 is 30.1 Å². The van der Waals surface area contributed by atoms with Crippen LogP contribution < -0.4 is 10.6 Å². The number of hydrogen-bond donors (Lipinski definition) is 2. The van der Waals surface area contributed by atoms with E-state index in [9.17, 15) is 9.59 Å². The zero-order valence-corrected chi connectivity index (χ0v) is 21.1. The second kappa shape index (κ2) is 9.89. The van der Waals surface area contributed by atoms with Crippen LogP contribution in [0, 0.1) is 23.2 Å². The van der Waals surface area contributed by atoms with Crippen molar-refractivity contribution in [2.45, 2.75) is 57.2 Å². The maximum Gasteiger partial charge on any atom is 0.482 e. The molecule has 35 heavy (non-hydrogen) atoms. The molecular formula is C26H34BClN2O5. The molecule has 5 aliphatic rings. The smallest absolute Gasteiger partial charge is 0.449 e. The third kappa shape index (κ3) is 5.03. The Bertz CT molecular complexity index is 976. The highest BCUT2D eigenvalue weighted by molar-refractivity contribution is 6.66. The van der Waals surface area contributed by atoms with Gasteiger partial charge in [-0.05, 0) is 73.1 Å². The summed E-state index contributed by atoms with van der Waals surface area (Å²) < 4.78 is 18.7. The summed E-state index contributed by atoms with van der Waals surface area (Å²) in [5.41, 5.74) is 0.740. The summed E-state index contributed by atoms with van der Waals surface area (Å²) in [7, 11) is -0.563. The quantitative estimate of drug-likeness (QED) is 0.307. The van der Waals surface area contributed by atoms with Crippen LogP contribution >= 0.6 is 11.6 Å². The molecule has 7 nitrogen and oxygen atoms in total. The zero-order chi connectivity index (χ0) is 24.6. The lowest BCUT2D eigenvalue weighted by molar-refractivity contribution is -0.192. The first-order valence-corrected chi connectivity index (χ1v) is 13.0. The Morgan fingerprint density at radius 2 is 2.09 bits per heavy atom. The lowest BCUT2D eigenvalue weighted by atomic mass is 9.43. The summed E-state index contributed by atoms with van der Waals surface area (Å²) in [6.45, 7) is 6.58. The fraction of sp³-hybridized carbons (Fsp3) is 0.615. The van der Waals surface area contributed by atoms with Gasteiger partial charge in [-0.25, -0.2) is 4.79 Å². The second-order valence-corrected chi connectivity index (χ2v) is 11.5. The molecule has 2 N–H and O–H groups in total. The maximum atomic E-state index is 12.7. The molecule has 9 heteroatoms.